The second-order valence-electron chi connectivity index (χ2n) is 15.2. The molecule has 0 bridgehead atoms. The monoisotopic (exact) mass is 999 g/mol. The van der Waals surface area contributed by atoms with Crippen LogP contribution >= 0.6 is 11.3 Å². The molecule has 10 rings (SSSR count). The Hall–Kier alpha value is -5.04. The van der Waals surface area contributed by atoms with Crippen LogP contribution in [0.2, 0.25) is 17.3 Å². The minimum Gasteiger partial charge on any atom is 0 e. The van der Waals surface area contributed by atoms with Gasteiger partial charge in [0, 0.05) is 33.2 Å². The van der Waals surface area contributed by atoms with Crippen molar-refractivity contribution < 1.29 is 27.2 Å². The number of nitrogens with zero attached hydrogens (tertiary/aromatic N) is 2. The van der Waals surface area contributed by atoms with Gasteiger partial charge in [-0.2, -0.15) is 11.3 Å². The third-order valence-electron chi connectivity index (χ3n) is 10.3. The van der Waals surface area contributed by atoms with E-state index in [1.165, 1.54) is 25.4 Å². The van der Waals surface area contributed by atoms with Gasteiger partial charge in [0.2, 0.25) is 0 Å². The molecule has 0 spiro atoms. The topological polar surface area (TPSA) is 25.8 Å². The van der Waals surface area contributed by atoms with E-state index in [0.29, 0.717) is 11.3 Å². The SMILES string of the molecule is [2H]C([2H])(c1ccc2ccccc2c1)c1cc(-c2[c-]c3ccccc3c3c2sc2c4ccc(C)cc4ccc23)ncc1F.[CH3][Ge]([CH3])([CH3])[c]1ccc(-c2[c-]cccc2)nc1.[Ir]. The molecule has 281 valence electrons. The fourth-order valence-electron chi connectivity index (χ4n) is 7.27. The number of fused-ring (bicyclic) bond motifs is 8. The van der Waals surface area contributed by atoms with Crippen LogP contribution < -0.4 is 4.40 Å². The molecule has 0 aliphatic heterocycles. The van der Waals surface area contributed by atoms with Gasteiger partial charge in [0.15, 0.2) is 0 Å². The summed E-state index contributed by atoms with van der Waals surface area (Å²) in [5, 5.41) is 8.61. The van der Waals surface area contributed by atoms with E-state index in [-0.39, 0.29) is 25.7 Å². The Kier molecular flexibility index (Phi) is 10.2. The maximum atomic E-state index is 15.4. The summed E-state index contributed by atoms with van der Waals surface area (Å²) in [5.41, 5.74) is 4.89. The molecule has 3 heterocycles. The van der Waals surface area contributed by atoms with Gasteiger partial charge in [-0.15, -0.1) is 17.5 Å². The molecule has 57 heavy (non-hydrogen) atoms. The van der Waals surface area contributed by atoms with E-state index in [4.69, 9.17) is 2.74 Å². The van der Waals surface area contributed by atoms with Crippen LogP contribution in [-0.4, -0.2) is 23.2 Å². The van der Waals surface area contributed by atoms with Gasteiger partial charge < -0.3 is 0 Å². The first kappa shape index (κ1) is 36.3. The average molecular weight is 998 g/mol. The molecule has 0 aliphatic carbocycles. The molecule has 2 nitrogen and oxygen atoms in total. The zero-order chi connectivity index (χ0) is 40.2. The van der Waals surface area contributed by atoms with Gasteiger partial charge >= 0.3 is 99.8 Å². The van der Waals surface area contributed by atoms with Crippen LogP contribution in [0.5, 0.6) is 0 Å². The second-order valence-corrected chi connectivity index (χ2v) is 26.9. The van der Waals surface area contributed by atoms with Crippen LogP contribution in [0.15, 0.2) is 152 Å². The smallest absolute Gasteiger partial charge is 0 e. The largest absolute Gasteiger partial charge is 0 e. The Morgan fingerprint density at radius 1 is 0.684 bits per heavy atom. The summed E-state index contributed by atoms with van der Waals surface area (Å²) in [6.07, 6.45) is 1.11. The van der Waals surface area contributed by atoms with Gasteiger partial charge in [-0.05, 0) is 56.1 Å². The minimum absolute atomic E-state index is 0. The van der Waals surface area contributed by atoms with Crippen molar-refractivity contribution in [3.63, 3.8) is 0 Å². The first-order valence-corrected chi connectivity index (χ1v) is 26.9. The third-order valence-corrected chi connectivity index (χ3v) is 15.8. The quantitative estimate of drug-likeness (QED) is 0.127. The Labute approximate surface area is 356 Å². The predicted molar refractivity (Wildman–Crippen MR) is 239 cm³/mol. The van der Waals surface area contributed by atoms with E-state index in [2.05, 4.69) is 94.8 Å². The summed E-state index contributed by atoms with van der Waals surface area (Å²) in [7, 11) is 0. The van der Waals surface area contributed by atoms with Crippen LogP contribution in [-0.2, 0) is 26.5 Å². The number of hydrogen-bond donors (Lipinski definition) is 0. The number of aryl methyl sites for hydroxylation is 1. The number of rotatable bonds is 5. The average Bonchev–Trinajstić information content (AvgIpc) is 3.64. The summed E-state index contributed by atoms with van der Waals surface area (Å²) < 4.78 is 37.2. The molecule has 0 N–H and O–H groups in total. The van der Waals surface area contributed by atoms with Gasteiger partial charge in [-0.25, -0.2) is 4.39 Å². The van der Waals surface area contributed by atoms with Crippen LogP contribution in [0.25, 0.3) is 75.0 Å². The second kappa shape index (κ2) is 16.1. The summed E-state index contributed by atoms with van der Waals surface area (Å²) in [6, 6.07) is 52.9. The van der Waals surface area contributed by atoms with Crippen molar-refractivity contribution in [2.75, 3.05) is 0 Å². The normalized spacial score (nSPS) is 12.3. The molecule has 0 fully saturated rings. The number of benzene rings is 7. The molecule has 6 heteroatoms. The van der Waals surface area contributed by atoms with E-state index in [1.54, 1.807) is 29.5 Å². The molecule has 10 aromatic rings. The predicted octanol–water partition coefficient (Wildman–Crippen LogP) is 13.5. The molecule has 0 saturated heterocycles. The van der Waals surface area contributed by atoms with Gasteiger partial charge in [0.05, 0.1) is 6.20 Å². The number of aromatic nitrogens is 2. The zero-order valence-electron chi connectivity index (χ0n) is 33.9. The fraction of sp³-hybridized carbons (Fsp3) is 0.0980. The van der Waals surface area contributed by atoms with Gasteiger partial charge in [0.1, 0.15) is 5.82 Å². The third kappa shape index (κ3) is 7.82. The van der Waals surface area contributed by atoms with Crippen molar-refractivity contribution >= 4 is 81.5 Å². The van der Waals surface area contributed by atoms with Crippen LogP contribution in [0.1, 0.15) is 19.4 Å². The molecule has 3 aromatic heterocycles. The molecule has 7 aromatic carbocycles. The van der Waals surface area contributed by atoms with E-state index >= 15 is 4.39 Å². The van der Waals surface area contributed by atoms with Crippen molar-refractivity contribution in [1.29, 1.82) is 0 Å². The summed E-state index contributed by atoms with van der Waals surface area (Å²) >= 11 is -0.0260. The number of hydrogen-bond acceptors (Lipinski definition) is 3. The Balaban J connectivity index is 0.000000240. The maximum Gasteiger partial charge on any atom is 0 e. The summed E-state index contributed by atoms with van der Waals surface area (Å²) in [4.78, 5) is 9.03. The first-order chi connectivity index (χ1) is 28.0. The maximum absolute atomic E-state index is 15.4. The number of pyridine rings is 2. The van der Waals surface area contributed by atoms with Crippen molar-refractivity contribution in [3.8, 4) is 22.5 Å². The Morgan fingerprint density at radius 3 is 2.23 bits per heavy atom. The van der Waals surface area contributed by atoms with Crippen molar-refractivity contribution in [2.24, 2.45) is 0 Å². The molecular formula is C51H39FGeIrN2S-2. The van der Waals surface area contributed by atoms with Crippen molar-refractivity contribution in [2.45, 2.75) is 30.6 Å². The van der Waals surface area contributed by atoms with Gasteiger partial charge in [-0.3, -0.25) is 4.98 Å². The van der Waals surface area contributed by atoms with Crippen LogP contribution in [0.3, 0.4) is 0 Å². The van der Waals surface area contributed by atoms with Crippen LogP contribution in [0.4, 0.5) is 4.39 Å². The number of thiophene rings is 1. The summed E-state index contributed by atoms with van der Waals surface area (Å²) in [6.45, 7) is 2.10. The minimum atomic E-state index is -2.07. The number of halogens is 1. The van der Waals surface area contributed by atoms with Crippen molar-refractivity contribution in [3.05, 3.63) is 187 Å². The van der Waals surface area contributed by atoms with E-state index < -0.39 is 25.5 Å². The van der Waals surface area contributed by atoms with Gasteiger partial charge in [0.25, 0.3) is 0 Å². The fourth-order valence-corrected chi connectivity index (χ4v) is 10.8. The zero-order valence-corrected chi connectivity index (χ0v) is 37.3. The molecular weight excluding hydrogens is 956 g/mol. The molecule has 0 saturated carbocycles. The molecule has 0 unspecified atom stereocenters. The van der Waals surface area contributed by atoms with E-state index in [1.807, 2.05) is 79.0 Å². The molecule has 1 radical (unpaired) electrons. The first-order valence-electron chi connectivity index (χ1n) is 19.7. The Morgan fingerprint density at radius 2 is 1.44 bits per heavy atom. The molecule has 0 amide bonds. The summed E-state index contributed by atoms with van der Waals surface area (Å²) in [5.74, 6) is 6.47. The van der Waals surface area contributed by atoms with Gasteiger partial charge in [-0.1, -0.05) is 119 Å². The van der Waals surface area contributed by atoms with Crippen molar-refractivity contribution in [1.82, 2.24) is 9.97 Å². The standard InChI is InChI=1S/C37H23FNS.C14H16GeN.Ir/c1-22-10-14-30-27(16-22)13-15-31-35-29-9-5-4-8-26(29)19-32(37(35)40-36(30)31)34-20-28(33(38)21-39-34)18-23-11-12-24-6-2-3-7-25(24)17-23;1-15(2,3)13-9-10-14(16-11-13)12-7-5-4-6-8-12;/h2-17,20-21H,18H2,1H3;4-7,9-11H,1-3H3;/q2*-1;/i18D2;;. The van der Waals surface area contributed by atoms with Crippen LogP contribution in [0, 0.1) is 24.9 Å². The molecule has 0 aliphatic rings. The molecule has 0 atom stereocenters. The van der Waals surface area contributed by atoms with E-state index in [0.717, 1.165) is 60.0 Å². The van der Waals surface area contributed by atoms with E-state index in [9.17, 15) is 0 Å². The Bertz CT molecular complexity index is 3160.